The normalized spacial score (nSPS) is 45.0. The van der Waals surface area contributed by atoms with Gasteiger partial charge in [-0.2, -0.15) is 0 Å². The van der Waals surface area contributed by atoms with Gasteiger partial charge in [-0.05, 0) is 72.6 Å². The summed E-state index contributed by atoms with van der Waals surface area (Å²) in [5, 5.41) is 20.2. The fourth-order valence-electron chi connectivity index (χ4n) is 6.04. The first-order chi connectivity index (χ1) is 10.9. The topological polar surface area (TPSA) is 40.5 Å². The van der Waals surface area contributed by atoms with Crippen LogP contribution in [0.4, 0.5) is 4.39 Å². The highest BCUT2D eigenvalue weighted by molar-refractivity contribution is 5.43. The standard InChI is InChI=1S/C20H25FO2/c1-3-20-9-6-12-10-13(22)4-5-14(12)15(20)7-8-19(2)17(20)11-16(21)18(19)23/h3-5,10,15-18,22-23H,1,6-9,11H2,2H3/t15-,16-,17-,18+,19+,20-/m1/s1. The van der Waals surface area contributed by atoms with Crippen molar-refractivity contribution in [3.05, 3.63) is 42.0 Å². The number of rotatable bonds is 1. The number of hydrogen-bond donors (Lipinski definition) is 2. The molecule has 2 saturated carbocycles. The first kappa shape index (κ1) is 15.2. The van der Waals surface area contributed by atoms with E-state index in [1.54, 1.807) is 6.07 Å². The Kier molecular flexibility index (Phi) is 3.19. The van der Waals surface area contributed by atoms with Crippen molar-refractivity contribution in [1.82, 2.24) is 0 Å². The smallest absolute Gasteiger partial charge is 0.127 e. The Hall–Kier alpha value is -1.35. The van der Waals surface area contributed by atoms with Gasteiger partial charge in [0, 0.05) is 5.41 Å². The molecule has 124 valence electrons. The molecule has 0 heterocycles. The average Bonchev–Trinajstić information content (AvgIpc) is 2.78. The Morgan fingerprint density at radius 1 is 1.35 bits per heavy atom. The van der Waals surface area contributed by atoms with E-state index >= 15 is 0 Å². The number of phenols is 1. The minimum Gasteiger partial charge on any atom is -0.508 e. The van der Waals surface area contributed by atoms with Crippen molar-refractivity contribution in [2.75, 3.05) is 0 Å². The van der Waals surface area contributed by atoms with Crippen LogP contribution in [0, 0.1) is 16.7 Å². The van der Waals surface area contributed by atoms with Crippen LogP contribution < -0.4 is 0 Å². The van der Waals surface area contributed by atoms with E-state index in [4.69, 9.17) is 0 Å². The molecule has 4 rings (SSSR count). The largest absolute Gasteiger partial charge is 0.508 e. The maximum absolute atomic E-state index is 14.4. The predicted octanol–water partition coefficient (Wildman–Crippen LogP) is 4.11. The van der Waals surface area contributed by atoms with Crippen LogP contribution in [0.3, 0.4) is 0 Å². The van der Waals surface area contributed by atoms with Gasteiger partial charge in [0.15, 0.2) is 0 Å². The van der Waals surface area contributed by atoms with Gasteiger partial charge in [0.25, 0.3) is 0 Å². The van der Waals surface area contributed by atoms with Gasteiger partial charge in [-0.25, -0.2) is 4.39 Å². The third-order valence-electron chi connectivity index (χ3n) is 7.25. The predicted molar refractivity (Wildman–Crippen MR) is 88.1 cm³/mol. The molecular formula is C20H25FO2. The van der Waals surface area contributed by atoms with E-state index in [0.717, 1.165) is 25.7 Å². The fourth-order valence-corrected chi connectivity index (χ4v) is 6.04. The highest BCUT2D eigenvalue weighted by atomic mass is 19.1. The number of benzene rings is 1. The van der Waals surface area contributed by atoms with Crippen LogP contribution in [0.1, 0.15) is 49.7 Å². The molecule has 0 bridgehead atoms. The van der Waals surface area contributed by atoms with Gasteiger partial charge in [-0.3, -0.25) is 0 Å². The number of hydrogen-bond acceptors (Lipinski definition) is 2. The van der Waals surface area contributed by atoms with Crippen molar-refractivity contribution in [3.63, 3.8) is 0 Å². The molecule has 6 atom stereocenters. The Balaban J connectivity index is 1.83. The molecule has 1 aromatic rings. The molecule has 0 amide bonds. The van der Waals surface area contributed by atoms with Crippen molar-refractivity contribution >= 4 is 0 Å². The Bertz CT molecular complexity index is 657. The summed E-state index contributed by atoms with van der Waals surface area (Å²) in [5.41, 5.74) is 2.01. The molecule has 3 aliphatic carbocycles. The number of aromatic hydroxyl groups is 1. The summed E-state index contributed by atoms with van der Waals surface area (Å²) in [6.45, 7) is 6.20. The van der Waals surface area contributed by atoms with E-state index in [1.165, 1.54) is 11.1 Å². The third-order valence-corrected chi connectivity index (χ3v) is 7.25. The zero-order valence-electron chi connectivity index (χ0n) is 13.6. The molecule has 0 radical (unpaired) electrons. The first-order valence-corrected chi connectivity index (χ1v) is 8.70. The molecule has 3 heteroatoms. The van der Waals surface area contributed by atoms with Gasteiger partial charge >= 0.3 is 0 Å². The number of aliphatic hydroxyl groups is 1. The summed E-state index contributed by atoms with van der Waals surface area (Å²) in [6.07, 6.45) is 4.12. The Morgan fingerprint density at radius 2 is 2.13 bits per heavy atom. The van der Waals surface area contributed by atoms with E-state index < -0.39 is 12.3 Å². The second kappa shape index (κ2) is 4.83. The molecule has 0 aromatic heterocycles. The Labute approximate surface area is 137 Å². The van der Waals surface area contributed by atoms with Crippen molar-refractivity contribution in [2.45, 2.75) is 57.2 Å². The zero-order valence-corrected chi connectivity index (χ0v) is 13.6. The number of allylic oxidation sites excluding steroid dienone is 1. The summed E-state index contributed by atoms with van der Waals surface area (Å²) in [4.78, 5) is 0. The molecule has 3 aliphatic rings. The molecule has 0 saturated heterocycles. The molecule has 2 fully saturated rings. The molecular weight excluding hydrogens is 291 g/mol. The van der Waals surface area contributed by atoms with Crippen LogP contribution in [-0.4, -0.2) is 22.5 Å². The van der Waals surface area contributed by atoms with E-state index in [9.17, 15) is 14.6 Å². The summed E-state index contributed by atoms with van der Waals surface area (Å²) < 4.78 is 14.4. The highest BCUT2D eigenvalue weighted by Crippen LogP contribution is 2.67. The van der Waals surface area contributed by atoms with Gasteiger partial charge < -0.3 is 10.2 Å². The molecule has 23 heavy (non-hydrogen) atoms. The minimum atomic E-state index is -1.12. The number of halogens is 1. The first-order valence-electron chi connectivity index (χ1n) is 8.70. The molecule has 0 spiro atoms. The molecule has 0 unspecified atom stereocenters. The second-order valence-corrected chi connectivity index (χ2v) is 8.05. The number of phenolic OH excluding ortho intramolecular Hbond substituents is 1. The van der Waals surface area contributed by atoms with E-state index in [1.807, 2.05) is 12.1 Å². The van der Waals surface area contributed by atoms with Crippen LogP contribution in [0.25, 0.3) is 0 Å². The van der Waals surface area contributed by atoms with Gasteiger partial charge in [-0.15, -0.1) is 6.58 Å². The lowest BCUT2D eigenvalue weighted by Crippen LogP contribution is -2.50. The minimum absolute atomic E-state index is 0.137. The fraction of sp³-hybridized carbons (Fsp3) is 0.600. The van der Waals surface area contributed by atoms with Gasteiger partial charge in [0.1, 0.15) is 11.9 Å². The van der Waals surface area contributed by atoms with E-state index in [2.05, 4.69) is 19.6 Å². The molecule has 1 aromatic carbocycles. The Morgan fingerprint density at radius 3 is 2.87 bits per heavy atom. The lowest BCUT2D eigenvalue weighted by atomic mass is 9.47. The monoisotopic (exact) mass is 316 g/mol. The van der Waals surface area contributed by atoms with Crippen molar-refractivity contribution < 1.29 is 14.6 Å². The summed E-state index contributed by atoms with van der Waals surface area (Å²) >= 11 is 0. The number of aryl methyl sites for hydroxylation is 1. The van der Waals surface area contributed by atoms with E-state index in [-0.39, 0.29) is 16.7 Å². The molecule has 2 nitrogen and oxygen atoms in total. The van der Waals surface area contributed by atoms with Crippen LogP contribution >= 0.6 is 0 Å². The lowest BCUT2D eigenvalue weighted by molar-refractivity contribution is -0.0606. The summed E-state index contributed by atoms with van der Waals surface area (Å²) in [5.74, 6) is 0.772. The van der Waals surface area contributed by atoms with Crippen LogP contribution in [0.2, 0.25) is 0 Å². The third kappa shape index (κ3) is 1.83. The zero-order chi connectivity index (χ0) is 16.4. The van der Waals surface area contributed by atoms with Gasteiger partial charge in [0.05, 0.1) is 6.10 Å². The van der Waals surface area contributed by atoms with Gasteiger partial charge in [0.2, 0.25) is 0 Å². The summed E-state index contributed by atoms with van der Waals surface area (Å²) in [6, 6.07) is 5.67. The van der Waals surface area contributed by atoms with Crippen LogP contribution in [0.15, 0.2) is 30.9 Å². The van der Waals surface area contributed by atoms with Crippen LogP contribution in [0.5, 0.6) is 5.75 Å². The number of aliphatic hydroxyl groups excluding tert-OH is 1. The maximum Gasteiger partial charge on any atom is 0.127 e. The van der Waals surface area contributed by atoms with Crippen molar-refractivity contribution in [1.29, 1.82) is 0 Å². The second-order valence-electron chi connectivity index (χ2n) is 8.05. The summed E-state index contributed by atoms with van der Waals surface area (Å²) in [7, 11) is 0. The number of fused-ring (bicyclic) bond motifs is 5. The lowest BCUT2D eigenvalue weighted by Gasteiger charge is -2.57. The quantitative estimate of drug-likeness (QED) is 0.765. The van der Waals surface area contributed by atoms with E-state index in [0.29, 0.717) is 18.1 Å². The molecule has 2 N–H and O–H groups in total. The average molecular weight is 316 g/mol. The highest BCUT2D eigenvalue weighted by Gasteiger charge is 2.63. The van der Waals surface area contributed by atoms with Crippen LogP contribution in [-0.2, 0) is 6.42 Å². The SMILES string of the molecule is C=C[C@@]12CCc3cc(O)ccc3[C@H]1CC[C@@]1(C)[C@H]2C[C@@H](F)[C@@H]1O. The van der Waals surface area contributed by atoms with Crippen molar-refractivity contribution in [2.24, 2.45) is 16.7 Å². The molecule has 0 aliphatic heterocycles. The van der Waals surface area contributed by atoms with Crippen molar-refractivity contribution in [3.8, 4) is 5.75 Å². The number of alkyl halides is 1. The maximum atomic E-state index is 14.4. The van der Waals surface area contributed by atoms with Gasteiger partial charge in [-0.1, -0.05) is 19.1 Å².